The highest BCUT2D eigenvalue weighted by molar-refractivity contribution is 7.19. The van der Waals surface area contributed by atoms with Gasteiger partial charge in [0.1, 0.15) is 0 Å². The average Bonchev–Trinajstić information content (AvgIpc) is 3.54. The number of thiophene rings is 1. The fraction of sp³-hybridized carbons (Fsp3) is 0.333. The standard InChI is InChI=1S/C30H29ClN6O2S/c1-19(2)36-12-5-26(38)37(29(36)39)16-22-15-25-28(40-22)23(3-8-34-25)24-14-21(31)13-20-4-11-35(27(20)24)18-30(17-32)6-9-33-10-7-30/h3-5,8,11-15,19,33H,6-7,9-10,16,18H2,1-2H3. The molecule has 1 saturated heterocycles. The first-order valence-corrected chi connectivity index (χ1v) is 14.6. The molecule has 204 valence electrons. The lowest BCUT2D eigenvalue weighted by molar-refractivity contribution is 0.247. The summed E-state index contributed by atoms with van der Waals surface area (Å²) in [6.07, 6.45) is 6.98. The third-order valence-electron chi connectivity index (χ3n) is 7.82. The van der Waals surface area contributed by atoms with Crippen molar-refractivity contribution in [2.24, 2.45) is 5.41 Å². The first-order chi connectivity index (χ1) is 19.3. The molecule has 0 radical (unpaired) electrons. The van der Waals surface area contributed by atoms with E-state index in [-0.39, 0.29) is 23.8 Å². The summed E-state index contributed by atoms with van der Waals surface area (Å²) in [5.74, 6) is 0. The van der Waals surface area contributed by atoms with Crippen molar-refractivity contribution in [1.82, 2.24) is 24.0 Å². The Labute approximate surface area is 240 Å². The Bertz CT molecular complexity index is 1900. The van der Waals surface area contributed by atoms with E-state index in [4.69, 9.17) is 11.6 Å². The zero-order valence-corrected chi connectivity index (χ0v) is 23.9. The number of nitrogens with zero attached hydrogens (tertiary/aromatic N) is 5. The molecule has 10 heteroatoms. The smallest absolute Gasteiger partial charge is 0.331 e. The molecule has 0 saturated carbocycles. The maximum atomic E-state index is 13.0. The van der Waals surface area contributed by atoms with Crippen LogP contribution in [0.3, 0.4) is 0 Å². The fourth-order valence-electron chi connectivity index (χ4n) is 5.69. The van der Waals surface area contributed by atoms with E-state index in [2.05, 4.69) is 27.0 Å². The molecule has 5 heterocycles. The predicted molar refractivity (Wildman–Crippen MR) is 160 cm³/mol. The van der Waals surface area contributed by atoms with Gasteiger partial charge in [0.15, 0.2) is 0 Å². The number of nitriles is 1. The van der Waals surface area contributed by atoms with Crippen LogP contribution in [0.1, 0.15) is 37.6 Å². The van der Waals surface area contributed by atoms with E-state index in [0.717, 1.165) is 63.1 Å². The third-order valence-corrected chi connectivity index (χ3v) is 9.18. The van der Waals surface area contributed by atoms with Crippen LogP contribution in [-0.4, -0.2) is 31.8 Å². The van der Waals surface area contributed by atoms with Gasteiger partial charge >= 0.3 is 5.69 Å². The number of aromatic nitrogens is 4. The Morgan fingerprint density at radius 3 is 2.67 bits per heavy atom. The lowest BCUT2D eigenvalue weighted by Crippen LogP contribution is -2.39. The molecular formula is C30H29ClN6O2S. The Morgan fingerprint density at radius 2 is 1.93 bits per heavy atom. The van der Waals surface area contributed by atoms with E-state index in [1.807, 2.05) is 44.3 Å². The Morgan fingerprint density at radius 1 is 1.12 bits per heavy atom. The second kappa shape index (κ2) is 10.4. The number of hydrogen-bond acceptors (Lipinski definition) is 6. The van der Waals surface area contributed by atoms with Gasteiger partial charge in [-0.3, -0.25) is 18.9 Å². The lowest BCUT2D eigenvalue weighted by Gasteiger charge is -2.32. The Balaban J connectivity index is 1.47. The summed E-state index contributed by atoms with van der Waals surface area (Å²) in [5, 5.41) is 15.1. The average molecular weight is 573 g/mol. The largest absolute Gasteiger partial charge is 0.345 e. The summed E-state index contributed by atoms with van der Waals surface area (Å²) in [6, 6.07) is 13.9. The van der Waals surface area contributed by atoms with Crippen molar-refractivity contribution in [2.75, 3.05) is 13.1 Å². The highest BCUT2D eigenvalue weighted by Gasteiger charge is 2.33. The van der Waals surface area contributed by atoms with Gasteiger partial charge in [0.2, 0.25) is 0 Å². The summed E-state index contributed by atoms with van der Waals surface area (Å²) in [4.78, 5) is 31.1. The zero-order chi connectivity index (χ0) is 28.0. The fourth-order valence-corrected chi connectivity index (χ4v) is 7.05. The Kier molecular flexibility index (Phi) is 6.87. The highest BCUT2D eigenvalue weighted by atomic mass is 35.5. The summed E-state index contributed by atoms with van der Waals surface area (Å²) >= 11 is 8.14. The second-order valence-corrected chi connectivity index (χ2v) is 12.4. The van der Waals surface area contributed by atoms with Crippen LogP contribution in [0.4, 0.5) is 0 Å². The summed E-state index contributed by atoms with van der Waals surface area (Å²) in [5.41, 5.74) is 2.68. The first kappa shape index (κ1) is 26.5. The molecule has 5 aromatic rings. The van der Waals surface area contributed by atoms with Crippen LogP contribution < -0.4 is 16.6 Å². The van der Waals surface area contributed by atoms with Gasteiger partial charge in [-0.25, -0.2) is 4.79 Å². The van der Waals surface area contributed by atoms with E-state index in [1.165, 1.54) is 22.0 Å². The molecule has 4 aromatic heterocycles. The van der Waals surface area contributed by atoms with Crippen LogP contribution in [-0.2, 0) is 13.1 Å². The van der Waals surface area contributed by atoms with Crippen LogP contribution in [0.5, 0.6) is 0 Å². The highest BCUT2D eigenvalue weighted by Crippen LogP contribution is 2.40. The van der Waals surface area contributed by atoms with Crippen molar-refractivity contribution in [1.29, 1.82) is 5.26 Å². The van der Waals surface area contributed by atoms with Crippen molar-refractivity contribution >= 4 is 44.1 Å². The molecule has 1 aliphatic rings. The number of fused-ring (bicyclic) bond motifs is 2. The Hall–Kier alpha value is -3.71. The normalized spacial score (nSPS) is 15.2. The van der Waals surface area contributed by atoms with E-state index < -0.39 is 5.41 Å². The van der Waals surface area contributed by atoms with Crippen molar-refractivity contribution in [3.63, 3.8) is 0 Å². The maximum Gasteiger partial charge on any atom is 0.331 e. The van der Waals surface area contributed by atoms with Crippen molar-refractivity contribution in [3.8, 4) is 17.2 Å². The molecule has 0 aliphatic carbocycles. The zero-order valence-electron chi connectivity index (χ0n) is 22.4. The minimum absolute atomic E-state index is 0.0541. The van der Waals surface area contributed by atoms with Crippen molar-refractivity contribution < 1.29 is 0 Å². The van der Waals surface area contributed by atoms with Gasteiger partial charge in [0, 0.05) is 63.7 Å². The molecular weight excluding hydrogens is 544 g/mol. The molecule has 1 aromatic carbocycles. The van der Waals surface area contributed by atoms with Gasteiger partial charge in [0.05, 0.1) is 33.8 Å². The molecule has 40 heavy (non-hydrogen) atoms. The van der Waals surface area contributed by atoms with Gasteiger partial charge in [-0.15, -0.1) is 11.3 Å². The maximum absolute atomic E-state index is 13.0. The topological polar surface area (TPSA) is 97.6 Å². The number of benzene rings is 1. The van der Waals surface area contributed by atoms with Crippen LogP contribution in [0.25, 0.3) is 32.2 Å². The molecule has 0 atom stereocenters. The van der Waals surface area contributed by atoms with Crippen molar-refractivity contribution in [3.05, 3.63) is 85.7 Å². The number of nitrogens with one attached hydrogen (secondary N) is 1. The third kappa shape index (κ3) is 4.66. The number of rotatable bonds is 6. The van der Waals surface area contributed by atoms with Gasteiger partial charge in [-0.2, -0.15) is 5.26 Å². The molecule has 0 bridgehead atoms. The van der Waals surface area contributed by atoms with E-state index in [1.54, 1.807) is 17.0 Å². The second-order valence-electron chi connectivity index (χ2n) is 10.8. The molecule has 1 aliphatic heterocycles. The quantitative estimate of drug-likeness (QED) is 0.293. The molecule has 1 fully saturated rings. The number of pyridine rings is 1. The molecule has 8 nitrogen and oxygen atoms in total. The molecule has 6 rings (SSSR count). The molecule has 0 spiro atoms. The predicted octanol–water partition coefficient (Wildman–Crippen LogP) is 5.42. The molecule has 0 amide bonds. The van der Waals surface area contributed by atoms with Crippen LogP contribution >= 0.6 is 22.9 Å². The van der Waals surface area contributed by atoms with Gasteiger partial charge < -0.3 is 9.88 Å². The van der Waals surface area contributed by atoms with E-state index in [0.29, 0.717) is 11.6 Å². The number of piperidine rings is 1. The van der Waals surface area contributed by atoms with Crippen LogP contribution in [0.2, 0.25) is 5.02 Å². The van der Waals surface area contributed by atoms with E-state index >= 15 is 0 Å². The van der Waals surface area contributed by atoms with Crippen LogP contribution in [0.15, 0.2) is 64.6 Å². The SMILES string of the molecule is CC(C)n1ccc(=O)n(Cc2cc3nccc(-c4cc(Cl)cc5ccn(CC6(C#N)CCNCC6)c45)c3s2)c1=O. The summed E-state index contributed by atoms with van der Waals surface area (Å²) < 4.78 is 5.98. The molecule has 0 unspecified atom stereocenters. The lowest BCUT2D eigenvalue weighted by atomic mass is 9.80. The monoisotopic (exact) mass is 572 g/mol. The van der Waals surface area contributed by atoms with Gasteiger partial charge in [-0.05, 0) is 70.1 Å². The van der Waals surface area contributed by atoms with Gasteiger partial charge in [-0.1, -0.05) is 11.6 Å². The van der Waals surface area contributed by atoms with E-state index in [9.17, 15) is 14.9 Å². The summed E-state index contributed by atoms with van der Waals surface area (Å²) in [7, 11) is 0. The summed E-state index contributed by atoms with van der Waals surface area (Å²) in [6.45, 7) is 6.27. The number of hydrogen-bond donors (Lipinski definition) is 1. The van der Waals surface area contributed by atoms with Crippen LogP contribution in [0, 0.1) is 16.7 Å². The number of halogens is 1. The first-order valence-electron chi connectivity index (χ1n) is 13.4. The minimum atomic E-state index is -0.427. The molecule has 1 N–H and O–H groups in total. The minimum Gasteiger partial charge on any atom is -0.345 e. The van der Waals surface area contributed by atoms with Crippen molar-refractivity contribution in [2.45, 2.75) is 45.8 Å². The van der Waals surface area contributed by atoms with Gasteiger partial charge in [0.25, 0.3) is 5.56 Å².